The number of benzene rings is 1. The van der Waals surface area contributed by atoms with E-state index in [4.69, 9.17) is 4.74 Å². The molecule has 0 fully saturated rings. The van der Waals surface area contributed by atoms with Crippen LogP contribution in [0.25, 0.3) is 0 Å². The first-order chi connectivity index (χ1) is 10.8. The van der Waals surface area contributed by atoms with Gasteiger partial charge in [0.25, 0.3) is 5.91 Å². The number of hydrogen-bond acceptors (Lipinski definition) is 4. The Morgan fingerprint density at radius 2 is 1.74 bits per heavy atom. The predicted molar refractivity (Wildman–Crippen MR) is 89.9 cm³/mol. The average Bonchev–Trinajstić information content (AvgIpc) is 2.52. The lowest BCUT2D eigenvalue weighted by atomic mass is 10.2. The SMILES string of the molecule is CCN(CC)S(=O)(=O)c1ccc(OCC(=O)NCC(C)C)cc1. The summed E-state index contributed by atoms with van der Waals surface area (Å²) in [5.41, 5.74) is 0. The van der Waals surface area contributed by atoms with Crippen LogP contribution in [0.1, 0.15) is 27.7 Å². The molecule has 7 heteroatoms. The molecule has 1 N–H and O–H groups in total. The summed E-state index contributed by atoms with van der Waals surface area (Å²) >= 11 is 0. The van der Waals surface area contributed by atoms with Crippen LogP contribution >= 0.6 is 0 Å². The van der Waals surface area contributed by atoms with E-state index in [0.717, 1.165) is 0 Å². The Morgan fingerprint density at radius 3 is 2.22 bits per heavy atom. The van der Waals surface area contributed by atoms with E-state index in [1.54, 1.807) is 26.0 Å². The largest absolute Gasteiger partial charge is 0.484 e. The van der Waals surface area contributed by atoms with Crippen molar-refractivity contribution in [2.24, 2.45) is 5.92 Å². The van der Waals surface area contributed by atoms with Crippen molar-refractivity contribution in [3.05, 3.63) is 24.3 Å². The van der Waals surface area contributed by atoms with Gasteiger partial charge in [0, 0.05) is 19.6 Å². The number of rotatable bonds is 9. The van der Waals surface area contributed by atoms with E-state index in [2.05, 4.69) is 5.32 Å². The second kappa shape index (κ2) is 8.88. The molecule has 0 aliphatic heterocycles. The molecule has 0 heterocycles. The molecule has 0 saturated carbocycles. The lowest BCUT2D eigenvalue weighted by molar-refractivity contribution is -0.123. The quantitative estimate of drug-likeness (QED) is 0.743. The van der Waals surface area contributed by atoms with Crippen LogP contribution in [0.15, 0.2) is 29.2 Å². The average molecular weight is 342 g/mol. The Bertz CT molecular complexity index is 593. The third-order valence-corrected chi connectivity index (χ3v) is 5.31. The highest BCUT2D eigenvalue weighted by Gasteiger charge is 2.21. The molecule has 130 valence electrons. The standard InChI is InChI=1S/C16H26N2O4S/c1-5-18(6-2)23(20,21)15-9-7-14(8-10-15)22-12-16(19)17-11-13(3)4/h7-10,13H,5-6,11-12H2,1-4H3,(H,17,19). The summed E-state index contributed by atoms with van der Waals surface area (Å²) in [5.74, 6) is 0.644. The van der Waals surface area contributed by atoms with Gasteiger partial charge in [0.15, 0.2) is 6.61 Å². The maximum absolute atomic E-state index is 12.3. The number of carbonyl (C=O) groups excluding carboxylic acids is 1. The Kier molecular flexibility index (Phi) is 7.51. The van der Waals surface area contributed by atoms with E-state index in [-0.39, 0.29) is 17.4 Å². The Hall–Kier alpha value is -1.60. The monoisotopic (exact) mass is 342 g/mol. The zero-order chi connectivity index (χ0) is 17.5. The van der Waals surface area contributed by atoms with Crippen molar-refractivity contribution < 1.29 is 17.9 Å². The maximum Gasteiger partial charge on any atom is 0.257 e. The first-order valence-corrected chi connectivity index (χ1v) is 9.25. The minimum atomic E-state index is -3.47. The van der Waals surface area contributed by atoms with Gasteiger partial charge in [0.1, 0.15) is 5.75 Å². The molecule has 6 nitrogen and oxygen atoms in total. The zero-order valence-electron chi connectivity index (χ0n) is 14.2. The highest BCUT2D eigenvalue weighted by Crippen LogP contribution is 2.19. The molecule has 0 atom stereocenters. The van der Waals surface area contributed by atoms with Gasteiger partial charge in [0.05, 0.1) is 4.90 Å². The summed E-state index contributed by atoms with van der Waals surface area (Å²) in [6, 6.07) is 6.11. The highest BCUT2D eigenvalue weighted by atomic mass is 32.2. The van der Waals surface area contributed by atoms with Crippen LogP contribution in [0, 0.1) is 5.92 Å². The van der Waals surface area contributed by atoms with Gasteiger partial charge in [-0.3, -0.25) is 4.79 Å². The number of carbonyl (C=O) groups is 1. The fraction of sp³-hybridized carbons (Fsp3) is 0.562. The van der Waals surface area contributed by atoms with Crippen LogP contribution in [-0.4, -0.2) is 44.9 Å². The third-order valence-electron chi connectivity index (χ3n) is 3.24. The van der Waals surface area contributed by atoms with E-state index in [1.165, 1.54) is 16.4 Å². The molecule has 23 heavy (non-hydrogen) atoms. The molecule has 0 aliphatic carbocycles. The number of sulfonamides is 1. The normalized spacial score (nSPS) is 11.7. The van der Waals surface area contributed by atoms with Crippen LogP contribution in [0.5, 0.6) is 5.75 Å². The molecule has 1 rings (SSSR count). The molecule has 1 aromatic rings. The van der Waals surface area contributed by atoms with Crippen molar-refractivity contribution >= 4 is 15.9 Å². The Morgan fingerprint density at radius 1 is 1.17 bits per heavy atom. The van der Waals surface area contributed by atoms with E-state index in [1.807, 2.05) is 13.8 Å². The van der Waals surface area contributed by atoms with Gasteiger partial charge >= 0.3 is 0 Å². The molecule has 1 amide bonds. The summed E-state index contributed by atoms with van der Waals surface area (Å²) in [5, 5.41) is 2.75. The zero-order valence-corrected chi connectivity index (χ0v) is 15.0. The van der Waals surface area contributed by atoms with Crippen molar-refractivity contribution in [1.29, 1.82) is 0 Å². The minimum Gasteiger partial charge on any atom is -0.484 e. The van der Waals surface area contributed by atoms with Gasteiger partial charge in [0.2, 0.25) is 10.0 Å². The highest BCUT2D eigenvalue weighted by molar-refractivity contribution is 7.89. The van der Waals surface area contributed by atoms with Crippen LogP contribution in [-0.2, 0) is 14.8 Å². The van der Waals surface area contributed by atoms with E-state index < -0.39 is 10.0 Å². The van der Waals surface area contributed by atoms with Gasteiger partial charge in [-0.2, -0.15) is 4.31 Å². The molecular weight excluding hydrogens is 316 g/mol. The smallest absolute Gasteiger partial charge is 0.257 e. The molecular formula is C16H26N2O4S. The summed E-state index contributed by atoms with van der Waals surface area (Å²) < 4.78 is 31.4. The lowest BCUT2D eigenvalue weighted by Gasteiger charge is -2.18. The van der Waals surface area contributed by atoms with Crippen molar-refractivity contribution in [1.82, 2.24) is 9.62 Å². The number of hydrogen-bond donors (Lipinski definition) is 1. The van der Waals surface area contributed by atoms with Crippen LogP contribution in [0.2, 0.25) is 0 Å². The number of nitrogens with one attached hydrogen (secondary N) is 1. The summed E-state index contributed by atoms with van der Waals surface area (Å²) in [4.78, 5) is 11.8. The molecule has 0 unspecified atom stereocenters. The summed E-state index contributed by atoms with van der Waals surface area (Å²) in [6.45, 7) is 8.98. The van der Waals surface area contributed by atoms with Gasteiger partial charge in [-0.05, 0) is 30.2 Å². The van der Waals surface area contributed by atoms with Crippen molar-refractivity contribution in [2.75, 3.05) is 26.2 Å². The first-order valence-electron chi connectivity index (χ1n) is 7.81. The van der Waals surface area contributed by atoms with Crippen LogP contribution < -0.4 is 10.1 Å². The van der Waals surface area contributed by atoms with Crippen molar-refractivity contribution in [2.45, 2.75) is 32.6 Å². The van der Waals surface area contributed by atoms with Crippen LogP contribution in [0.3, 0.4) is 0 Å². The number of amides is 1. The minimum absolute atomic E-state index is 0.0884. The third kappa shape index (κ3) is 5.84. The van der Waals surface area contributed by atoms with E-state index >= 15 is 0 Å². The molecule has 0 spiro atoms. The van der Waals surface area contributed by atoms with Crippen molar-refractivity contribution in [3.8, 4) is 5.75 Å². The molecule has 0 saturated heterocycles. The maximum atomic E-state index is 12.3. The molecule has 0 radical (unpaired) electrons. The number of nitrogens with zero attached hydrogens (tertiary/aromatic N) is 1. The summed E-state index contributed by atoms with van der Waals surface area (Å²) in [6.07, 6.45) is 0. The van der Waals surface area contributed by atoms with Gasteiger partial charge in [-0.1, -0.05) is 27.7 Å². The molecule has 0 bridgehead atoms. The van der Waals surface area contributed by atoms with Gasteiger partial charge in [-0.25, -0.2) is 8.42 Å². The lowest BCUT2D eigenvalue weighted by Crippen LogP contribution is -2.31. The fourth-order valence-corrected chi connectivity index (χ4v) is 3.40. The molecule has 0 aromatic heterocycles. The topological polar surface area (TPSA) is 75.7 Å². The molecule has 0 aliphatic rings. The second-order valence-electron chi connectivity index (χ2n) is 5.55. The van der Waals surface area contributed by atoms with E-state index in [9.17, 15) is 13.2 Å². The second-order valence-corrected chi connectivity index (χ2v) is 7.49. The molecule has 1 aromatic carbocycles. The first kappa shape index (κ1) is 19.4. The van der Waals surface area contributed by atoms with Crippen LogP contribution in [0.4, 0.5) is 0 Å². The van der Waals surface area contributed by atoms with Gasteiger partial charge in [-0.15, -0.1) is 0 Å². The Balaban J connectivity index is 2.65. The summed E-state index contributed by atoms with van der Waals surface area (Å²) in [7, 11) is -3.47. The Labute approximate surface area is 138 Å². The van der Waals surface area contributed by atoms with Crippen molar-refractivity contribution in [3.63, 3.8) is 0 Å². The van der Waals surface area contributed by atoms with Gasteiger partial charge < -0.3 is 10.1 Å². The number of ether oxygens (including phenoxy) is 1. The van der Waals surface area contributed by atoms with E-state index in [0.29, 0.717) is 31.3 Å². The predicted octanol–water partition coefficient (Wildman–Crippen LogP) is 1.87. The fourth-order valence-electron chi connectivity index (χ4n) is 1.94.